The van der Waals surface area contributed by atoms with Gasteiger partial charge < -0.3 is 9.32 Å². The number of furan rings is 1. The summed E-state index contributed by atoms with van der Waals surface area (Å²) in [5.74, 6) is 2.51. The van der Waals surface area contributed by atoms with Gasteiger partial charge in [-0.15, -0.1) is 10.2 Å². The second-order valence-corrected chi connectivity index (χ2v) is 9.53. The summed E-state index contributed by atoms with van der Waals surface area (Å²) in [6, 6.07) is 18.0. The van der Waals surface area contributed by atoms with Gasteiger partial charge in [0.15, 0.2) is 11.0 Å². The molecule has 0 bridgehead atoms. The van der Waals surface area contributed by atoms with Crippen LogP contribution in [0, 0.1) is 5.92 Å². The van der Waals surface area contributed by atoms with Crippen LogP contribution >= 0.6 is 11.8 Å². The SMILES string of the molecule is CC(C1CC1)N(Cc1ccccc1)C(=O)CSc1nnc(-c2cccnc2)n1Cc1ccco1. The molecule has 1 aliphatic rings. The molecular formula is C26H27N5O2S. The third-order valence-corrected chi connectivity index (χ3v) is 7.12. The zero-order valence-electron chi connectivity index (χ0n) is 19.1. The van der Waals surface area contributed by atoms with E-state index in [1.165, 1.54) is 24.6 Å². The molecule has 8 heteroatoms. The van der Waals surface area contributed by atoms with E-state index in [1.807, 2.05) is 51.9 Å². The van der Waals surface area contributed by atoms with Gasteiger partial charge in [0, 0.05) is 30.5 Å². The average molecular weight is 474 g/mol. The fourth-order valence-corrected chi connectivity index (χ4v) is 4.91. The number of hydrogen-bond acceptors (Lipinski definition) is 6. The van der Waals surface area contributed by atoms with Gasteiger partial charge in [-0.1, -0.05) is 42.1 Å². The third kappa shape index (κ3) is 5.22. The Labute approximate surface area is 203 Å². The Morgan fingerprint density at radius 3 is 2.71 bits per heavy atom. The molecule has 5 rings (SSSR count). The monoisotopic (exact) mass is 473 g/mol. The zero-order valence-corrected chi connectivity index (χ0v) is 19.9. The van der Waals surface area contributed by atoms with Crippen LogP contribution in [0.2, 0.25) is 0 Å². The summed E-state index contributed by atoms with van der Waals surface area (Å²) in [5, 5.41) is 9.52. The van der Waals surface area contributed by atoms with Crippen LogP contribution in [0.3, 0.4) is 0 Å². The van der Waals surface area contributed by atoms with E-state index in [4.69, 9.17) is 4.42 Å². The molecule has 0 radical (unpaired) electrons. The topological polar surface area (TPSA) is 77.1 Å². The molecular weight excluding hydrogens is 446 g/mol. The second-order valence-electron chi connectivity index (χ2n) is 8.59. The van der Waals surface area contributed by atoms with Crippen molar-refractivity contribution >= 4 is 17.7 Å². The number of rotatable bonds is 10. The number of amides is 1. The van der Waals surface area contributed by atoms with Crippen molar-refractivity contribution in [1.82, 2.24) is 24.6 Å². The summed E-state index contributed by atoms with van der Waals surface area (Å²) in [6.07, 6.45) is 7.53. The lowest BCUT2D eigenvalue weighted by atomic mass is 10.1. The molecule has 1 amide bonds. The quantitative estimate of drug-likeness (QED) is 0.305. The molecule has 1 fully saturated rings. The van der Waals surface area contributed by atoms with Gasteiger partial charge in [-0.25, -0.2) is 0 Å². The Morgan fingerprint density at radius 2 is 2.00 bits per heavy atom. The number of nitrogens with zero attached hydrogens (tertiary/aromatic N) is 5. The molecule has 1 aromatic carbocycles. The minimum absolute atomic E-state index is 0.115. The lowest BCUT2D eigenvalue weighted by Gasteiger charge is -2.29. The highest BCUT2D eigenvalue weighted by Crippen LogP contribution is 2.36. The summed E-state index contributed by atoms with van der Waals surface area (Å²) in [6.45, 7) is 3.27. The van der Waals surface area contributed by atoms with Crippen LogP contribution in [-0.4, -0.2) is 42.4 Å². The fraction of sp³-hybridized carbons (Fsp3) is 0.308. The van der Waals surface area contributed by atoms with Gasteiger partial charge in [-0.05, 0) is 55.5 Å². The zero-order chi connectivity index (χ0) is 23.3. The van der Waals surface area contributed by atoms with Crippen molar-refractivity contribution in [3.63, 3.8) is 0 Å². The normalized spacial score (nSPS) is 14.1. The largest absolute Gasteiger partial charge is 0.467 e. The molecule has 0 spiro atoms. The summed E-state index contributed by atoms with van der Waals surface area (Å²) in [5.41, 5.74) is 2.01. The van der Waals surface area contributed by atoms with E-state index in [1.54, 1.807) is 18.7 Å². The number of hydrogen-bond donors (Lipinski definition) is 0. The van der Waals surface area contributed by atoms with Crippen LogP contribution < -0.4 is 0 Å². The van der Waals surface area contributed by atoms with Crippen molar-refractivity contribution in [3.05, 3.63) is 84.6 Å². The van der Waals surface area contributed by atoms with Gasteiger partial charge >= 0.3 is 0 Å². The van der Waals surface area contributed by atoms with Gasteiger partial charge in [0.25, 0.3) is 0 Å². The summed E-state index contributed by atoms with van der Waals surface area (Å²) >= 11 is 1.42. The Kier molecular flexibility index (Phi) is 6.76. The second kappa shape index (κ2) is 10.3. The van der Waals surface area contributed by atoms with E-state index >= 15 is 0 Å². The predicted molar refractivity (Wildman–Crippen MR) is 131 cm³/mol. The van der Waals surface area contributed by atoms with E-state index in [9.17, 15) is 4.79 Å². The minimum atomic E-state index is 0.115. The van der Waals surface area contributed by atoms with Crippen LogP contribution in [0.5, 0.6) is 0 Å². The molecule has 3 heterocycles. The fourth-order valence-electron chi connectivity index (χ4n) is 4.09. The van der Waals surface area contributed by atoms with Crippen LogP contribution in [0.15, 0.2) is 82.8 Å². The first-order valence-corrected chi connectivity index (χ1v) is 12.5. The van der Waals surface area contributed by atoms with Gasteiger partial charge in [0.2, 0.25) is 5.91 Å². The maximum Gasteiger partial charge on any atom is 0.233 e. The standard InChI is InChI=1S/C26H27N5O2S/c1-19(21-11-12-21)30(16-20-7-3-2-4-8-20)24(32)18-34-26-29-28-25(22-9-5-13-27-15-22)31(26)17-23-10-6-14-33-23/h2-10,13-15,19,21H,11-12,16-18H2,1H3. The minimum Gasteiger partial charge on any atom is -0.467 e. The van der Waals surface area contributed by atoms with E-state index in [2.05, 4.69) is 34.2 Å². The van der Waals surface area contributed by atoms with Crippen molar-refractivity contribution in [2.45, 2.75) is 44.1 Å². The number of thioether (sulfide) groups is 1. The molecule has 174 valence electrons. The molecule has 4 aromatic rings. The van der Waals surface area contributed by atoms with E-state index in [0.29, 0.717) is 35.7 Å². The summed E-state index contributed by atoms with van der Waals surface area (Å²) < 4.78 is 7.56. The first-order chi connectivity index (χ1) is 16.7. The molecule has 0 aliphatic heterocycles. The molecule has 3 aromatic heterocycles. The first kappa shape index (κ1) is 22.4. The van der Waals surface area contributed by atoms with Crippen molar-refractivity contribution in [2.75, 3.05) is 5.75 Å². The van der Waals surface area contributed by atoms with Crippen LogP contribution in [0.25, 0.3) is 11.4 Å². The van der Waals surface area contributed by atoms with Crippen LogP contribution in [-0.2, 0) is 17.9 Å². The number of aromatic nitrogens is 4. The molecule has 7 nitrogen and oxygen atoms in total. The maximum atomic E-state index is 13.4. The molecule has 0 N–H and O–H groups in total. The van der Waals surface area contributed by atoms with E-state index in [0.717, 1.165) is 16.9 Å². The number of pyridine rings is 1. The lowest BCUT2D eigenvalue weighted by molar-refractivity contribution is -0.131. The smallest absolute Gasteiger partial charge is 0.233 e. The lowest BCUT2D eigenvalue weighted by Crippen LogP contribution is -2.40. The highest BCUT2D eigenvalue weighted by Gasteiger charge is 2.34. The highest BCUT2D eigenvalue weighted by atomic mass is 32.2. The van der Waals surface area contributed by atoms with Crippen molar-refractivity contribution in [3.8, 4) is 11.4 Å². The summed E-state index contributed by atoms with van der Waals surface area (Å²) in [7, 11) is 0. The number of carbonyl (C=O) groups excluding carboxylic acids is 1. The van der Waals surface area contributed by atoms with Gasteiger partial charge in [-0.3, -0.25) is 14.3 Å². The molecule has 1 atom stereocenters. The van der Waals surface area contributed by atoms with E-state index < -0.39 is 0 Å². The third-order valence-electron chi connectivity index (χ3n) is 6.17. The Hall–Kier alpha value is -3.39. The number of benzene rings is 1. The van der Waals surface area contributed by atoms with Gasteiger partial charge in [0.05, 0.1) is 18.6 Å². The predicted octanol–water partition coefficient (Wildman–Crippen LogP) is 4.90. The van der Waals surface area contributed by atoms with Gasteiger partial charge in [-0.2, -0.15) is 0 Å². The van der Waals surface area contributed by atoms with Crippen LogP contribution in [0.4, 0.5) is 0 Å². The summed E-state index contributed by atoms with van der Waals surface area (Å²) in [4.78, 5) is 19.7. The molecule has 1 saturated carbocycles. The van der Waals surface area contributed by atoms with Crippen LogP contribution in [0.1, 0.15) is 31.1 Å². The van der Waals surface area contributed by atoms with E-state index in [-0.39, 0.29) is 11.9 Å². The average Bonchev–Trinajstić information content (AvgIpc) is 3.46. The number of carbonyl (C=O) groups is 1. The molecule has 34 heavy (non-hydrogen) atoms. The first-order valence-electron chi connectivity index (χ1n) is 11.5. The van der Waals surface area contributed by atoms with Crippen molar-refractivity contribution < 1.29 is 9.21 Å². The molecule has 0 saturated heterocycles. The Morgan fingerprint density at radius 1 is 1.15 bits per heavy atom. The molecule has 1 unspecified atom stereocenters. The molecule has 1 aliphatic carbocycles. The Bertz CT molecular complexity index is 1210. The van der Waals surface area contributed by atoms with Gasteiger partial charge in [0.1, 0.15) is 5.76 Å². The Balaban J connectivity index is 1.35. The van der Waals surface area contributed by atoms with Crippen molar-refractivity contribution in [1.29, 1.82) is 0 Å². The highest BCUT2D eigenvalue weighted by molar-refractivity contribution is 7.99. The van der Waals surface area contributed by atoms with Crippen molar-refractivity contribution in [2.24, 2.45) is 5.92 Å². The maximum absolute atomic E-state index is 13.4.